The van der Waals surface area contributed by atoms with Crippen LogP contribution in [0, 0.1) is 0 Å². The van der Waals surface area contributed by atoms with Gasteiger partial charge in [-0.2, -0.15) is 0 Å². The van der Waals surface area contributed by atoms with Crippen LogP contribution in [-0.4, -0.2) is 20.4 Å². The number of pyridine rings is 2. The molecule has 1 aromatic carbocycles. The van der Waals surface area contributed by atoms with E-state index in [-0.39, 0.29) is 29.7 Å². The summed E-state index contributed by atoms with van der Waals surface area (Å²) >= 11 is 0. The third-order valence-corrected chi connectivity index (χ3v) is 6.82. The lowest BCUT2D eigenvalue weighted by Crippen LogP contribution is -2.45. The smallest absolute Gasteiger partial charge is 0.344 e. The molecule has 0 radical (unpaired) electrons. The molecular formula is C22H21N2O6P. The van der Waals surface area contributed by atoms with Crippen molar-refractivity contribution in [2.45, 2.75) is 45.4 Å². The molecule has 0 bridgehead atoms. The molecule has 3 aromatic rings. The summed E-state index contributed by atoms with van der Waals surface area (Å²) in [4.78, 5) is 40.4. The molecule has 5 rings (SSSR count). The molecule has 160 valence electrons. The minimum Gasteiger partial charge on any atom is -0.458 e. The summed E-state index contributed by atoms with van der Waals surface area (Å²) in [6, 6.07) is 9.55. The Labute approximate surface area is 178 Å². The number of nitrogens with zero attached hydrogens (tertiary/aromatic N) is 2. The Morgan fingerprint density at radius 2 is 2.03 bits per heavy atom. The molecule has 0 saturated heterocycles. The van der Waals surface area contributed by atoms with Crippen molar-refractivity contribution in [1.29, 1.82) is 0 Å². The van der Waals surface area contributed by atoms with E-state index in [1.165, 1.54) is 0 Å². The topological polar surface area (TPSA) is 108 Å². The number of hydrogen-bond acceptors (Lipinski definition) is 6. The van der Waals surface area contributed by atoms with Gasteiger partial charge in [0.2, 0.25) is 0 Å². The molecule has 2 aromatic heterocycles. The fraction of sp³-hybridized carbons (Fsp3) is 0.318. The number of fused-ring (bicyclic) bond motifs is 5. The van der Waals surface area contributed by atoms with Crippen LogP contribution >= 0.6 is 8.25 Å². The maximum absolute atomic E-state index is 13.4. The van der Waals surface area contributed by atoms with Crippen LogP contribution in [0.5, 0.6) is 0 Å². The maximum atomic E-state index is 13.4. The fourth-order valence-electron chi connectivity index (χ4n) is 4.82. The van der Waals surface area contributed by atoms with E-state index in [0.717, 1.165) is 28.5 Å². The van der Waals surface area contributed by atoms with Gasteiger partial charge in [0.25, 0.3) is 5.56 Å². The number of carbonyl (C=O) groups excluding carboxylic acids is 1. The molecule has 9 heteroatoms. The average Bonchev–Trinajstić information content (AvgIpc) is 3.12. The predicted octanol–water partition coefficient (Wildman–Crippen LogP) is 3.05. The maximum Gasteiger partial charge on any atom is 0.344 e. The lowest BCUT2D eigenvalue weighted by molar-refractivity contribution is -0.169. The summed E-state index contributed by atoms with van der Waals surface area (Å²) in [5.74, 6) is -0.766. The van der Waals surface area contributed by atoms with Gasteiger partial charge in [0.05, 0.1) is 29.0 Å². The van der Waals surface area contributed by atoms with E-state index in [9.17, 15) is 19.0 Å². The van der Waals surface area contributed by atoms with E-state index in [1.807, 2.05) is 24.3 Å². The van der Waals surface area contributed by atoms with Crippen LogP contribution in [0.25, 0.3) is 22.3 Å². The first kappa shape index (κ1) is 20.1. The number of aryl methyl sites for hydroxylation is 1. The molecule has 31 heavy (non-hydrogen) atoms. The Balaban J connectivity index is 1.82. The van der Waals surface area contributed by atoms with Crippen LogP contribution in [-0.2, 0) is 43.8 Å². The Hall–Kier alpha value is -2.80. The average molecular weight is 440 g/mol. The number of ether oxygens (including phenoxy) is 1. The van der Waals surface area contributed by atoms with Crippen molar-refractivity contribution in [3.8, 4) is 11.4 Å². The lowest BCUT2D eigenvalue weighted by Gasteiger charge is -2.34. The molecule has 0 fully saturated rings. The largest absolute Gasteiger partial charge is 0.458 e. The van der Waals surface area contributed by atoms with Gasteiger partial charge in [-0.15, -0.1) is 0 Å². The zero-order valence-corrected chi connectivity index (χ0v) is 18.1. The molecule has 0 aliphatic carbocycles. The minimum absolute atomic E-state index is 0.0525. The predicted molar refractivity (Wildman–Crippen MR) is 114 cm³/mol. The highest BCUT2D eigenvalue weighted by Gasteiger charge is 2.49. The minimum atomic E-state index is -3.48. The number of esters is 1. The first-order chi connectivity index (χ1) is 14.9. The molecule has 0 spiro atoms. The Kier molecular flexibility index (Phi) is 4.62. The second-order valence-corrected chi connectivity index (χ2v) is 8.46. The van der Waals surface area contributed by atoms with E-state index in [2.05, 4.69) is 6.92 Å². The van der Waals surface area contributed by atoms with Crippen molar-refractivity contribution in [2.24, 2.45) is 0 Å². The van der Waals surface area contributed by atoms with E-state index in [4.69, 9.17) is 14.2 Å². The van der Waals surface area contributed by atoms with E-state index < -0.39 is 19.8 Å². The second-order valence-electron chi connectivity index (χ2n) is 7.73. The summed E-state index contributed by atoms with van der Waals surface area (Å²) in [6.07, 6.45) is 0.834. The first-order valence-corrected chi connectivity index (χ1v) is 11.4. The monoisotopic (exact) mass is 440 g/mol. The normalized spacial score (nSPS) is 20.2. The molecule has 2 aliphatic rings. The first-order valence-electron chi connectivity index (χ1n) is 10.2. The van der Waals surface area contributed by atoms with Crippen LogP contribution in [0.3, 0.4) is 0 Å². The number of aromatic nitrogens is 2. The Bertz CT molecular complexity index is 1350. The van der Waals surface area contributed by atoms with E-state index >= 15 is 0 Å². The quantitative estimate of drug-likeness (QED) is 0.384. The second kappa shape index (κ2) is 7.12. The third kappa shape index (κ3) is 2.75. The summed E-state index contributed by atoms with van der Waals surface area (Å²) in [5.41, 5.74) is 2.67. The van der Waals surface area contributed by atoms with Crippen LogP contribution < -0.4 is 5.56 Å². The van der Waals surface area contributed by atoms with Crippen LogP contribution in [0.1, 0.15) is 42.5 Å². The van der Waals surface area contributed by atoms with Gasteiger partial charge in [-0.25, -0.2) is 9.78 Å². The van der Waals surface area contributed by atoms with Gasteiger partial charge in [-0.1, -0.05) is 32.0 Å². The van der Waals surface area contributed by atoms with Gasteiger partial charge >= 0.3 is 14.2 Å². The zero-order valence-electron chi connectivity index (χ0n) is 17.1. The number of cyclic esters (lactones) is 1. The highest BCUT2D eigenvalue weighted by molar-refractivity contribution is 7.32. The molecule has 4 heterocycles. The Morgan fingerprint density at radius 3 is 2.74 bits per heavy atom. The van der Waals surface area contributed by atoms with Gasteiger partial charge in [-0.05, 0) is 30.5 Å². The van der Waals surface area contributed by atoms with Gasteiger partial charge in [0.15, 0.2) is 5.60 Å². The standard InChI is InChI=1S/C22H21N2O6P/c1-3-12-13-7-5-6-8-17(13)23-19-14(12)10-24-18(19)9-16-15(20(24)25)11-29-21(26)22(16,4-2)30-31(27)28/h5-9,31H,3-4,10-11H2,1-2H3,(H,27,28)/t22-/m0/s1. The highest BCUT2D eigenvalue weighted by atomic mass is 31.1. The SMILES string of the molecule is CCc1c2c(nc3ccccc13)-c1cc3c(c(=O)n1C2)COC(=O)[C@@]3(CC)O[PH](=O)O. The third-order valence-electron chi connectivity index (χ3n) is 6.30. The van der Waals surface area contributed by atoms with Gasteiger partial charge in [0.1, 0.15) is 6.61 Å². The zero-order chi connectivity index (χ0) is 21.9. The number of carbonyl (C=O) groups is 1. The molecule has 1 N–H and O–H groups in total. The molecule has 0 saturated carbocycles. The number of benzene rings is 1. The van der Waals surface area contributed by atoms with E-state index in [0.29, 0.717) is 17.9 Å². The van der Waals surface area contributed by atoms with Crippen molar-refractivity contribution in [3.63, 3.8) is 0 Å². The number of rotatable bonds is 4. The Morgan fingerprint density at radius 1 is 1.26 bits per heavy atom. The number of hydrogen-bond donors (Lipinski definition) is 1. The molecule has 1 unspecified atom stereocenters. The van der Waals surface area contributed by atoms with Gasteiger partial charge in [0, 0.05) is 16.5 Å². The highest BCUT2D eigenvalue weighted by Crippen LogP contribution is 2.45. The molecular weight excluding hydrogens is 419 g/mol. The summed E-state index contributed by atoms with van der Waals surface area (Å²) in [6.45, 7) is 3.90. The summed E-state index contributed by atoms with van der Waals surface area (Å²) in [5, 5.41) is 1.05. The van der Waals surface area contributed by atoms with Crippen LogP contribution in [0.4, 0.5) is 0 Å². The van der Waals surface area contributed by atoms with Crippen molar-refractivity contribution in [1.82, 2.24) is 9.55 Å². The fourth-order valence-corrected chi connectivity index (χ4v) is 5.46. The van der Waals surface area contributed by atoms with Crippen LogP contribution in [0.15, 0.2) is 35.1 Å². The molecule has 8 nitrogen and oxygen atoms in total. The molecule has 2 atom stereocenters. The van der Waals surface area contributed by atoms with Crippen molar-refractivity contribution in [3.05, 3.63) is 62.9 Å². The van der Waals surface area contributed by atoms with Gasteiger partial charge < -0.3 is 14.2 Å². The summed E-state index contributed by atoms with van der Waals surface area (Å²) in [7, 11) is -3.48. The number of para-hydroxylation sites is 1. The van der Waals surface area contributed by atoms with Gasteiger partial charge in [-0.3, -0.25) is 13.9 Å². The summed E-state index contributed by atoms with van der Waals surface area (Å²) < 4.78 is 23.7. The molecule has 0 amide bonds. The van der Waals surface area contributed by atoms with Crippen molar-refractivity contribution < 1.29 is 23.5 Å². The van der Waals surface area contributed by atoms with Crippen LogP contribution in [0.2, 0.25) is 0 Å². The van der Waals surface area contributed by atoms with Crippen molar-refractivity contribution in [2.75, 3.05) is 0 Å². The molecule has 2 aliphatic heterocycles. The lowest BCUT2D eigenvalue weighted by atomic mass is 9.86. The van der Waals surface area contributed by atoms with E-state index in [1.54, 1.807) is 17.6 Å². The van der Waals surface area contributed by atoms with Crippen molar-refractivity contribution >= 4 is 25.1 Å².